The van der Waals surface area contributed by atoms with Crippen LogP contribution in [0, 0.1) is 11.8 Å². The van der Waals surface area contributed by atoms with Crippen LogP contribution in [0.4, 0.5) is 5.69 Å². The average molecular weight is 304 g/mol. The maximum absolute atomic E-state index is 5.91. The van der Waals surface area contributed by atoms with Gasteiger partial charge in [0.25, 0.3) is 0 Å². The second-order valence-electron chi connectivity index (χ2n) is 6.29. The lowest BCUT2D eigenvalue weighted by molar-refractivity contribution is 0.202. The molecule has 0 bridgehead atoms. The first-order chi connectivity index (χ1) is 10.2. The van der Waals surface area contributed by atoms with Gasteiger partial charge in [-0.1, -0.05) is 31.5 Å². The molecule has 2 N–H and O–H groups in total. The number of nitrogens with zero attached hydrogens (tertiary/aromatic N) is 1. The van der Waals surface area contributed by atoms with Crippen LogP contribution in [-0.4, -0.2) is 25.2 Å². The highest BCUT2D eigenvalue weighted by Gasteiger charge is 2.32. The maximum Gasteiger partial charge on any atom is 0.120 e. The van der Waals surface area contributed by atoms with Crippen molar-refractivity contribution in [2.24, 2.45) is 17.6 Å². The van der Waals surface area contributed by atoms with Crippen molar-refractivity contribution in [1.29, 1.82) is 0 Å². The molecule has 3 rings (SSSR count). The molecular formula is C17H24N2OS. The quantitative estimate of drug-likeness (QED) is 0.869. The Morgan fingerprint density at radius 3 is 2.71 bits per heavy atom. The van der Waals surface area contributed by atoms with Crippen molar-refractivity contribution in [3.05, 3.63) is 23.8 Å². The minimum atomic E-state index is 0.471. The highest BCUT2D eigenvalue weighted by Crippen LogP contribution is 2.38. The zero-order valence-corrected chi connectivity index (χ0v) is 13.5. The number of hydrogen-bond acceptors (Lipinski definition) is 3. The highest BCUT2D eigenvalue weighted by atomic mass is 32.1. The van der Waals surface area contributed by atoms with Crippen molar-refractivity contribution in [1.82, 2.24) is 0 Å². The standard InChI is InChI=1S/C17H24N2OS/c1-20-14-6-7-15(17(18)21)16(10-14)19-9-8-12-4-2-3-5-13(12)11-19/h6-7,10,12-13H,2-5,8-9,11H2,1H3,(H2,18,21). The monoisotopic (exact) mass is 304 g/mol. The summed E-state index contributed by atoms with van der Waals surface area (Å²) in [5.41, 5.74) is 8.03. The zero-order chi connectivity index (χ0) is 14.8. The van der Waals surface area contributed by atoms with Gasteiger partial charge in [-0.3, -0.25) is 0 Å². The van der Waals surface area contributed by atoms with Gasteiger partial charge in [-0.2, -0.15) is 0 Å². The van der Waals surface area contributed by atoms with E-state index in [4.69, 9.17) is 22.7 Å². The molecule has 0 radical (unpaired) electrons. The molecule has 3 nitrogen and oxygen atoms in total. The zero-order valence-electron chi connectivity index (χ0n) is 12.7. The van der Waals surface area contributed by atoms with Crippen LogP contribution in [0.1, 0.15) is 37.7 Å². The third-order valence-electron chi connectivity index (χ3n) is 5.10. The lowest BCUT2D eigenvalue weighted by Crippen LogP contribution is -2.42. The van der Waals surface area contributed by atoms with Crippen LogP contribution in [-0.2, 0) is 0 Å². The summed E-state index contributed by atoms with van der Waals surface area (Å²) in [7, 11) is 1.70. The van der Waals surface area contributed by atoms with Gasteiger partial charge in [0.1, 0.15) is 10.7 Å². The van der Waals surface area contributed by atoms with Crippen LogP contribution < -0.4 is 15.4 Å². The van der Waals surface area contributed by atoms with Crippen LogP contribution in [0.15, 0.2) is 18.2 Å². The second kappa shape index (κ2) is 6.22. The summed E-state index contributed by atoms with van der Waals surface area (Å²) in [6.45, 7) is 2.23. The van der Waals surface area contributed by atoms with Crippen molar-refractivity contribution >= 4 is 22.9 Å². The average Bonchev–Trinajstić information content (AvgIpc) is 2.53. The Hall–Kier alpha value is -1.29. The van der Waals surface area contributed by atoms with Crippen LogP contribution >= 0.6 is 12.2 Å². The van der Waals surface area contributed by atoms with E-state index in [1.54, 1.807) is 7.11 Å². The fourth-order valence-electron chi connectivity index (χ4n) is 3.93. The van der Waals surface area contributed by atoms with E-state index >= 15 is 0 Å². The molecule has 1 heterocycles. The molecule has 1 saturated heterocycles. The number of rotatable bonds is 3. The number of hydrogen-bond donors (Lipinski definition) is 1. The second-order valence-corrected chi connectivity index (χ2v) is 6.73. The molecule has 114 valence electrons. The number of ether oxygens (including phenoxy) is 1. The molecule has 1 aliphatic carbocycles. The minimum absolute atomic E-state index is 0.471. The Morgan fingerprint density at radius 1 is 1.24 bits per heavy atom. The molecule has 1 aliphatic heterocycles. The van der Waals surface area contributed by atoms with E-state index in [1.807, 2.05) is 12.1 Å². The van der Waals surface area contributed by atoms with Gasteiger partial charge in [0, 0.05) is 24.7 Å². The smallest absolute Gasteiger partial charge is 0.120 e. The van der Waals surface area contributed by atoms with Crippen molar-refractivity contribution in [3.8, 4) is 5.75 Å². The lowest BCUT2D eigenvalue weighted by Gasteiger charge is -2.42. The number of anilines is 1. The maximum atomic E-state index is 5.91. The summed E-state index contributed by atoms with van der Waals surface area (Å²) in [5, 5.41) is 0. The topological polar surface area (TPSA) is 38.5 Å². The van der Waals surface area contributed by atoms with E-state index in [1.165, 1.54) is 32.1 Å². The third kappa shape index (κ3) is 3.00. The predicted octanol–water partition coefficient (Wildman–Crippen LogP) is 3.35. The van der Waals surface area contributed by atoms with E-state index in [2.05, 4.69) is 11.0 Å². The number of thiocarbonyl (C=S) groups is 1. The number of benzene rings is 1. The summed E-state index contributed by atoms with van der Waals surface area (Å²) in [4.78, 5) is 2.93. The molecule has 1 aromatic rings. The van der Waals surface area contributed by atoms with Crippen LogP contribution in [0.2, 0.25) is 0 Å². The van der Waals surface area contributed by atoms with E-state index in [0.717, 1.165) is 41.9 Å². The lowest BCUT2D eigenvalue weighted by atomic mass is 9.75. The first-order valence-corrected chi connectivity index (χ1v) is 8.32. The van der Waals surface area contributed by atoms with Crippen molar-refractivity contribution in [2.75, 3.05) is 25.1 Å². The summed E-state index contributed by atoms with van der Waals surface area (Å²) >= 11 is 5.22. The molecule has 1 saturated carbocycles. The predicted molar refractivity (Wildman–Crippen MR) is 91.2 cm³/mol. The van der Waals surface area contributed by atoms with Gasteiger partial charge in [-0.05, 0) is 36.8 Å². The van der Waals surface area contributed by atoms with Crippen molar-refractivity contribution < 1.29 is 4.74 Å². The highest BCUT2D eigenvalue weighted by molar-refractivity contribution is 7.80. The van der Waals surface area contributed by atoms with Gasteiger partial charge in [0.05, 0.1) is 12.8 Å². The Balaban J connectivity index is 1.86. The largest absolute Gasteiger partial charge is 0.497 e. The van der Waals surface area contributed by atoms with Crippen LogP contribution in [0.5, 0.6) is 5.75 Å². The molecular weight excluding hydrogens is 280 g/mol. The number of methoxy groups -OCH3 is 1. The third-order valence-corrected chi connectivity index (χ3v) is 5.32. The molecule has 1 aromatic carbocycles. The summed E-state index contributed by atoms with van der Waals surface area (Å²) in [6, 6.07) is 6.01. The Bertz CT molecular complexity index is 532. The Kier molecular flexibility index (Phi) is 4.34. The van der Waals surface area contributed by atoms with Crippen molar-refractivity contribution in [2.45, 2.75) is 32.1 Å². The van der Waals surface area contributed by atoms with Gasteiger partial charge in [-0.25, -0.2) is 0 Å². The number of fused-ring (bicyclic) bond motifs is 1. The number of nitrogens with two attached hydrogens (primary N) is 1. The van der Waals surface area contributed by atoms with E-state index < -0.39 is 0 Å². The van der Waals surface area contributed by atoms with Gasteiger partial charge in [0.15, 0.2) is 0 Å². The molecule has 2 atom stereocenters. The summed E-state index contributed by atoms with van der Waals surface area (Å²) < 4.78 is 5.38. The molecule has 0 amide bonds. The first-order valence-electron chi connectivity index (χ1n) is 7.92. The van der Waals surface area contributed by atoms with Crippen molar-refractivity contribution in [3.63, 3.8) is 0 Å². The van der Waals surface area contributed by atoms with Gasteiger partial charge < -0.3 is 15.4 Å². The number of piperidine rings is 1. The molecule has 2 fully saturated rings. The molecule has 4 heteroatoms. The Labute approximate surface area is 132 Å². The van der Waals surface area contributed by atoms with E-state index in [9.17, 15) is 0 Å². The SMILES string of the molecule is COc1ccc(C(N)=S)c(N2CCC3CCCCC3C2)c1. The first kappa shape index (κ1) is 14.6. The van der Waals surface area contributed by atoms with E-state index in [-0.39, 0.29) is 0 Å². The fourth-order valence-corrected chi connectivity index (χ4v) is 4.10. The van der Waals surface area contributed by atoms with E-state index in [0.29, 0.717) is 4.99 Å². The van der Waals surface area contributed by atoms with Gasteiger partial charge >= 0.3 is 0 Å². The Morgan fingerprint density at radius 2 is 2.00 bits per heavy atom. The fraction of sp³-hybridized carbons (Fsp3) is 0.588. The van der Waals surface area contributed by atoms with Crippen LogP contribution in [0.25, 0.3) is 0 Å². The molecule has 0 aromatic heterocycles. The molecule has 2 unspecified atom stereocenters. The van der Waals surface area contributed by atoms with Crippen LogP contribution in [0.3, 0.4) is 0 Å². The molecule has 0 spiro atoms. The molecule has 21 heavy (non-hydrogen) atoms. The normalized spacial score (nSPS) is 25.3. The summed E-state index contributed by atoms with van der Waals surface area (Å²) in [6.07, 6.45) is 6.87. The summed E-state index contributed by atoms with van der Waals surface area (Å²) in [5.74, 6) is 2.63. The molecule has 2 aliphatic rings. The minimum Gasteiger partial charge on any atom is -0.497 e. The van der Waals surface area contributed by atoms with Gasteiger partial charge in [0.2, 0.25) is 0 Å². The van der Waals surface area contributed by atoms with Gasteiger partial charge in [-0.15, -0.1) is 0 Å².